The maximum atomic E-state index is 9.37. The van der Waals surface area contributed by atoms with Crippen molar-refractivity contribution in [1.82, 2.24) is 4.90 Å². The van der Waals surface area contributed by atoms with Crippen LogP contribution in [-0.2, 0) is 0 Å². The monoisotopic (exact) mass is 228 g/mol. The summed E-state index contributed by atoms with van der Waals surface area (Å²) < 4.78 is 0. The number of hydrogen-bond donors (Lipinski definition) is 2. The van der Waals surface area contributed by atoms with Gasteiger partial charge in [0.25, 0.3) is 0 Å². The van der Waals surface area contributed by atoms with Gasteiger partial charge in [-0.25, -0.2) is 0 Å². The number of aliphatic hydroxyl groups is 1. The smallest absolute Gasteiger partial charge is 0.0639 e. The van der Waals surface area contributed by atoms with Crippen LogP contribution in [0.5, 0.6) is 0 Å². The molecule has 3 nitrogen and oxygen atoms in total. The fraction of sp³-hybridized carbons (Fsp3) is 0.636. The molecule has 0 aliphatic carbocycles. The highest BCUT2D eigenvalue weighted by molar-refractivity contribution is 7.10. The Morgan fingerprint density at radius 3 is 2.60 bits per heavy atom. The Balaban J connectivity index is 2.74. The lowest BCUT2D eigenvalue weighted by Crippen LogP contribution is -2.39. The molecule has 1 heterocycles. The molecule has 0 aliphatic rings. The molecule has 3 unspecified atom stereocenters. The summed E-state index contributed by atoms with van der Waals surface area (Å²) in [5.41, 5.74) is 5.99. The van der Waals surface area contributed by atoms with Crippen LogP contribution in [0.25, 0.3) is 0 Å². The summed E-state index contributed by atoms with van der Waals surface area (Å²) in [4.78, 5) is 3.37. The van der Waals surface area contributed by atoms with E-state index in [0.717, 1.165) is 0 Å². The van der Waals surface area contributed by atoms with Crippen LogP contribution < -0.4 is 5.73 Å². The van der Waals surface area contributed by atoms with Gasteiger partial charge in [0.05, 0.1) is 12.1 Å². The highest BCUT2D eigenvalue weighted by atomic mass is 32.1. The minimum absolute atomic E-state index is 0.0624. The molecule has 1 rings (SSSR count). The Labute approximate surface area is 95.5 Å². The second kappa shape index (κ2) is 5.61. The zero-order valence-corrected chi connectivity index (χ0v) is 10.4. The molecule has 0 fully saturated rings. The van der Waals surface area contributed by atoms with Gasteiger partial charge in [-0.15, -0.1) is 11.3 Å². The molecular weight excluding hydrogens is 208 g/mol. The Bertz CT molecular complexity index is 272. The van der Waals surface area contributed by atoms with Gasteiger partial charge in [-0.1, -0.05) is 6.07 Å². The number of nitrogens with zero attached hydrogens (tertiary/aromatic N) is 1. The van der Waals surface area contributed by atoms with Gasteiger partial charge in [-0.3, -0.25) is 4.90 Å². The van der Waals surface area contributed by atoms with Gasteiger partial charge in [-0.05, 0) is 32.3 Å². The summed E-state index contributed by atoms with van der Waals surface area (Å²) in [6.45, 7) is 4.44. The molecule has 0 aliphatic heterocycles. The maximum absolute atomic E-state index is 9.37. The highest BCUT2D eigenvalue weighted by Crippen LogP contribution is 2.26. The van der Waals surface area contributed by atoms with Gasteiger partial charge in [-0.2, -0.15) is 0 Å². The Hall–Kier alpha value is -0.420. The molecular formula is C11H20N2OS. The van der Waals surface area contributed by atoms with Crippen molar-refractivity contribution in [3.63, 3.8) is 0 Å². The molecule has 4 heteroatoms. The van der Waals surface area contributed by atoms with Crippen LogP contribution in [-0.4, -0.2) is 35.7 Å². The zero-order valence-electron chi connectivity index (χ0n) is 9.55. The molecule has 15 heavy (non-hydrogen) atoms. The third-order valence-corrected chi connectivity index (χ3v) is 3.30. The summed E-state index contributed by atoms with van der Waals surface area (Å²) in [6, 6.07) is 4.38. The fourth-order valence-corrected chi connectivity index (χ4v) is 2.87. The minimum Gasteiger partial charge on any atom is -0.392 e. The summed E-state index contributed by atoms with van der Waals surface area (Å²) in [5, 5.41) is 11.4. The molecule has 0 aromatic carbocycles. The van der Waals surface area contributed by atoms with E-state index < -0.39 is 0 Å². The van der Waals surface area contributed by atoms with Crippen LogP contribution in [0.2, 0.25) is 0 Å². The number of nitrogens with two attached hydrogens (primary N) is 1. The number of thiophene rings is 1. The van der Waals surface area contributed by atoms with E-state index in [1.807, 2.05) is 20.0 Å². The van der Waals surface area contributed by atoms with Crippen molar-refractivity contribution in [2.75, 3.05) is 13.6 Å². The standard InChI is InChI=1S/C11H20N2OS/c1-8(14)7-13(3)11(9(2)12)10-5-4-6-15-10/h4-6,8-9,11,14H,7,12H2,1-3H3. The van der Waals surface area contributed by atoms with Gasteiger partial charge in [0.2, 0.25) is 0 Å². The molecule has 1 aromatic heterocycles. The van der Waals surface area contributed by atoms with Crippen molar-refractivity contribution < 1.29 is 5.11 Å². The second-order valence-electron chi connectivity index (χ2n) is 4.11. The molecule has 0 bridgehead atoms. The molecule has 0 saturated heterocycles. The summed E-state index contributed by atoms with van der Waals surface area (Å²) in [6.07, 6.45) is -0.323. The largest absolute Gasteiger partial charge is 0.392 e. The topological polar surface area (TPSA) is 49.5 Å². The second-order valence-corrected chi connectivity index (χ2v) is 5.09. The van der Waals surface area contributed by atoms with E-state index in [0.29, 0.717) is 6.54 Å². The lowest BCUT2D eigenvalue weighted by Gasteiger charge is -2.31. The first kappa shape index (κ1) is 12.6. The van der Waals surface area contributed by atoms with Crippen LogP contribution in [0, 0.1) is 0 Å². The Kier molecular flexibility index (Phi) is 4.73. The third kappa shape index (κ3) is 3.57. The summed E-state index contributed by atoms with van der Waals surface area (Å²) >= 11 is 1.71. The van der Waals surface area contributed by atoms with E-state index in [4.69, 9.17) is 5.73 Å². The van der Waals surface area contributed by atoms with Gasteiger partial charge < -0.3 is 10.8 Å². The molecule has 0 radical (unpaired) electrons. The van der Waals surface area contributed by atoms with Gasteiger partial charge in [0, 0.05) is 17.5 Å². The van der Waals surface area contributed by atoms with Crippen molar-refractivity contribution in [2.45, 2.75) is 32.0 Å². The predicted molar refractivity (Wildman–Crippen MR) is 65.0 cm³/mol. The van der Waals surface area contributed by atoms with E-state index in [9.17, 15) is 5.11 Å². The highest BCUT2D eigenvalue weighted by Gasteiger charge is 2.22. The van der Waals surface area contributed by atoms with Crippen LogP contribution in [0.1, 0.15) is 24.8 Å². The van der Waals surface area contributed by atoms with Crippen LogP contribution in [0.4, 0.5) is 0 Å². The van der Waals surface area contributed by atoms with E-state index in [2.05, 4.69) is 16.3 Å². The Morgan fingerprint density at radius 2 is 2.20 bits per heavy atom. The van der Waals surface area contributed by atoms with Gasteiger partial charge in [0.1, 0.15) is 0 Å². The Morgan fingerprint density at radius 1 is 1.53 bits per heavy atom. The number of likely N-dealkylation sites (N-methyl/N-ethyl adjacent to an activating group) is 1. The van der Waals surface area contributed by atoms with Crippen LogP contribution in [0.15, 0.2) is 17.5 Å². The summed E-state index contributed by atoms with van der Waals surface area (Å²) in [7, 11) is 2.00. The number of rotatable bonds is 5. The van der Waals surface area contributed by atoms with Crippen molar-refractivity contribution in [3.05, 3.63) is 22.4 Å². The molecule has 3 atom stereocenters. The maximum Gasteiger partial charge on any atom is 0.0639 e. The number of aliphatic hydroxyl groups excluding tert-OH is 1. The van der Waals surface area contributed by atoms with E-state index >= 15 is 0 Å². The first-order valence-corrected chi connectivity index (χ1v) is 6.07. The van der Waals surface area contributed by atoms with Crippen molar-refractivity contribution >= 4 is 11.3 Å². The number of hydrogen-bond acceptors (Lipinski definition) is 4. The van der Waals surface area contributed by atoms with Crippen molar-refractivity contribution in [1.29, 1.82) is 0 Å². The first-order chi connectivity index (χ1) is 7.02. The van der Waals surface area contributed by atoms with E-state index in [1.54, 1.807) is 18.3 Å². The summed E-state index contributed by atoms with van der Waals surface area (Å²) in [5.74, 6) is 0. The molecule has 86 valence electrons. The van der Waals surface area contributed by atoms with Crippen molar-refractivity contribution in [3.8, 4) is 0 Å². The fourth-order valence-electron chi connectivity index (χ4n) is 1.87. The first-order valence-electron chi connectivity index (χ1n) is 5.19. The molecule has 1 aromatic rings. The predicted octanol–water partition coefficient (Wildman–Crippen LogP) is 1.45. The van der Waals surface area contributed by atoms with Crippen LogP contribution in [0.3, 0.4) is 0 Å². The SMILES string of the molecule is CC(O)CN(C)C(c1cccs1)C(C)N. The molecule has 0 spiro atoms. The lowest BCUT2D eigenvalue weighted by molar-refractivity contribution is 0.111. The van der Waals surface area contributed by atoms with Crippen molar-refractivity contribution in [2.24, 2.45) is 5.73 Å². The third-order valence-electron chi connectivity index (χ3n) is 2.36. The molecule has 0 saturated carbocycles. The average Bonchev–Trinajstić information content (AvgIpc) is 2.54. The van der Waals surface area contributed by atoms with Gasteiger partial charge >= 0.3 is 0 Å². The normalized spacial score (nSPS) is 17.7. The van der Waals surface area contributed by atoms with Crippen LogP contribution >= 0.6 is 11.3 Å². The van der Waals surface area contributed by atoms with Gasteiger partial charge in [0.15, 0.2) is 0 Å². The lowest BCUT2D eigenvalue weighted by atomic mass is 10.1. The molecule has 3 N–H and O–H groups in total. The minimum atomic E-state index is -0.323. The van der Waals surface area contributed by atoms with E-state index in [-0.39, 0.29) is 18.2 Å². The average molecular weight is 228 g/mol. The van der Waals surface area contributed by atoms with E-state index in [1.165, 1.54) is 4.88 Å². The molecule has 0 amide bonds. The zero-order chi connectivity index (χ0) is 11.4. The quantitative estimate of drug-likeness (QED) is 0.802.